The van der Waals surface area contributed by atoms with Gasteiger partial charge < -0.3 is 9.88 Å². The predicted molar refractivity (Wildman–Crippen MR) is 100 cm³/mol. The van der Waals surface area contributed by atoms with Crippen LogP contribution in [-0.4, -0.2) is 25.3 Å². The summed E-state index contributed by atoms with van der Waals surface area (Å²) in [4.78, 5) is 35.1. The van der Waals surface area contributed by atoms with E-state index in [1.165, 1.54) is 4.57 Å². The van der Waals surface area contributed by atoms with Crippen LogP contribution in [0.5, 0.6) is 0 Å². The molecule has 0 saturated heterocycles. The maximum absolute atomic E-state index is 13.2. The summed E-state index contributed by atoms with van der Waals surface area (Å²) >= 11 is 0. The Morgan fingerprint density at radius 1 is 1.12 bits per heavy atom. The van der Waals surface area contributed by atoms with E-state index in [4.69, 9.17) is 0 Å². The molecule has 0 aliphatic carbocycles. The average Bonchev–Trinajstić information content (AvgIpc) is 3.18. The van der Waals surface area contributed by atoms with Gasteiger partial charge in [0.2, 0.25) is 0 Å². The topological polar surface area (TPSA) is 71.0 Å². The number of aromatic amines is 1. The second kappa shape index (κ2) is 5.56. The highest BCUT2D eigenvalue weighted by Crippen LogP contribution is 2.29. The van der Waals surface area contributed by atoms with Crippen LogP contribution in [0.25, 0.3) is 10.9 Å². The highest BCUT2D eigenvalue weighted by Gasteiger charge is 2.30. The monoisotopic (exact) mass is 350 g/mol. The first-order chi connectivity index (χ1) is 12.3. The zero-order chi connectivity index (χ0) is 18.7. The standard InChI is InChI=1S/C20H22N4O2/c1-10-6-7-11(2)17-16(10)12(3)18(22-17)20(26)24-8-14-15(9-24)21-13(4)23(5)19(14)25/h6-7,22H,8-9H2,1-5H3. The molecule has 3 aromatic rings. The summed E-state index contributed by atoms with van der Waals surface area (Å²) in [7, 11) is 1.71. The molecule has 2 aromatic heterocycles. The number of rotatable bonds is 1. The largest absolute Gasteiger partial charge is 0.350 e. The summed E-state index contributed by atoms with van der Waals surface area (Å²) in [6.45, 7) is 8.55. The molecule has 6 heteroatoms. The molecule has 0 fully saturated rings. The van der Waals surface area contributed by atoms with Gasteiger partial charge in [-0.05, 0) is 44.4 Å². The maximum atomic E-state index is 13.2. The van der Waals surface area contributed by atoms with Gasteiger partial charge in [0.25, 0.3) is 11.5 Å². The first kappa shape index (κ1) is 16.6. The van der Waals surface area contributed by atoms with Crippen LogP contribution in [0.1, 0.15) is 44.3 Å². The van der Waals surface area contributed by atoms with Crippen molar-refractivity contribution in [2.24, 2.45) is 7.05 Å². The molecule has 0 saturated carbocycles. The second-order valence-electron chi connectivity index (χ2n) is 7.18. The molecule has 134 valence electrons. The second-order valence-corrected chi connectivity index (χ2v) is 7.18. The predicted octanol–water partition coefficient (Wildman–Crippen LogP) is 2.65. The van der Waals surface area contributed by atoms with Crippen LogP contribution >= 0.6 is 0 Å². The SMILES string of the molecule is Cc1ccc(C)c2c(C)c(C(=O)N3Cc4nc(C)n(C)c(=O)c4C3)[nH]c12. The van der Waals surface area contributed by atoms with Gasteiger partial charge in [0.15, 0.2) is 0 Å². The fourth-order valence-electron chi connectivity index (χ4n) is 3.84. The van der Waals surface area contributed by atoms with Crippen LogP contribution in [0.3, 0.4) is 0 Å². The highest BCUT2D eigenvalue weighted by molar-refractivity contribution is 6.02. The van der Waals surface area contributed by atoms with Gasteiger partial charge in [-0.3, -0.25) is 14.2 Å². The Bertz CT molecular complexity index is 1140. The molecule has 6 nitrogen and oxygen atoms in total. The lowest BCUT2D eigenvalue weighted by Gasteiger charge is -2.14. The van der Waals surface area contributed by atoms with Gasteiger partial charge in [-0.1, -0.05) is 12.1 Å². The van der Waals surface area contributed by atoms with Gasteiger partial charge in [-0.25, -0.2) is 4.98 Å². The van der Waals surface area contributed by atoms with Crippen molar-refractivity contribution in [3.05, 3.63) is 62.0 Å². The molecular weight excluding hydrogens is 328 g/mol. The highest BCUT2D eigenvalue weighted by atomic mass is 16.2. The molecule has 0 spiro atoms. The van der Waals surface area contributed by atoms with Crippen molar-refractivity contribution in [1.82, 2.24) is 19.4 Å². The molecule has 0 bridgehead atoms. The maximum Gasteiger partial charge on any atom is 0.271 e. The van der Waals surface area contributed by atoms with Crippen LogP contribution in [0.15, 0.2) is 16.9 Å². The Balaban J connectivity index is 1.76. The van der Waals surface area contributed by atoms with Gasteiger partial charge >= 0.3 is 0 Å². The van der Waals surface area contributed by atoms with E-state index in [1.54, 1.807) is 18.9 Å². The van der Waals surface area contributed by atoms with Gasteiger partial charge in [0.05, 0.1) is 24.3 Å². The summed E-state index contributed by atoms with van der Waals surface area (Å²) in [5.41, 5.74) is 6.08. The number of H-pyrrole nitrogens is 1. The molecule has 1 aliphatic rings. The fourth-order valence-corrected chi connectivity index (χ4v) is 3.84. The molecule has 1 aromatic carbocycles. The molecule has 1 amide bonds. The number of nitrogens with one attached hydrogen (secondary N) is 1. The van der Waals surface area contributed by atoms with Crippen LogP contribution in [0.4, 0.5) is 0 Å². The van der Waals surface area contributed by atoms with E-state index in [1.807, 2.05) is 13.8 Å². The number of nitrogens with zero attached hydrogens (tertiary/aromatic N) is 3. The Morgan fingerprint density at radius 2 is 1.81 bits per heavy atom. The molecule has 1 N–H and O–H groups in total. The van der Waals surface area contributed by atoms with Crippen LogP contribution in [0.2, 0.25) is 0 Å². The quantitative estimate of drug-likeness (QED) is 0.733. The summed E-state index contributed by atoms with van der Waals surface area (Å²) in [5.74, 6) is 0.575. The minimum absolute atomic E-state index is 0.0668. The number of amides is 1. The van der Waals surface area contributed by atoms with E-state index in [-0.39, 0.29) is 11.5 Å². The van der Waals surface area contributed by atoms with Gasteiger partial charge in [0, 0.05) is 18.0 Å². The molecule has 1 aliphatic heterocycles. The van der Waals surface area contributed by atoms with Crippen molar-refractivity contribution in [3.63, 3.8) is 0 Å². The van der Waals surface area contributed by atoms with E-state index in [0.717, 1.165) is 27.6 Å². The number of benzene rings is 1. The van der Waals surface area contributed by atoms with Gasteiger partial charge in [0.1, 0.15) is 11.5 Å². The zero-order valence-corrected chi connectivity index (χ0v) is 15.7. The summed E-state index contributed by atoms with van der Waals surface area (Å²) in [6.07, 6.45) is 0. The van der Waals surface area contributed by atoms with Gasteiger partial charge in [-0.2, -0.15) is 0 Å². The molecule has 3 heterocycles. The van der Waals surface area contributed by atoms with Crippen molar-refractivity contribution in [1.29, 1.82) is 0 Å². The normalized spacial score (nSPS) is 13.5. The number of aromatic nitrogens is 3. The third-order valence-corrected chi connectivity index (χ3v) is 5.51. The first-order valence-corrected chi connectivity index (χ1v) is 8.72. The van der Waals surface area contributed by atoms with E-state index in [9.17, 15) is 9.59 Å². The van der Waals surface area contributed by atoms with E-state index >= 15 is 0 Å². The Kier molecular flexibility index (Phi) is 3.54. The Labute approximate surface area is 151 Å². The van der Waals surface area contributed by atoms with Crippen LogP contribution in [0, 0.1) is 27.7 Å². The lowest BCUT2D eigenvalue weighted by Crippen LogP contribution is -2.28. The first-order valence-electron chi connectivity index (χ1n) is 8.72. The molecule has 0 radical (unpaired) electrons. The average molecular weight is 350 g/mol. The summed E-state index contributed by atoms with van der Waals surface area (Å²) in [5, 5.41) is 1.11. The number of carbonyl (C=O) groups is 1. The van der Waals surface area contributed by atoms with Crippen molar-refractivity contribution in [3.8, 4) is 0 Å². The van der Waals surface area contributed by atoms with E-state index < -0.39 is 0 Å². The van der Waals surface area contributed by atoms with Crippen molar-refractivity contribution < 1.29 is 4.79 Å². The van der Waals surface area contributed by atoms with Crippen molar-refractivity contribution >= 4 is 16.8 Å². The number of fused-ring (bicyclic) bond motifs is 2. The lowest BCUT2D eigenvalue weighted by molar-refractivity contribution is 0.0744. The van der Waals surface area contributed by atoms with Gasteiger partial charge in [-0.15, -0.1) is 0 Å². The van der Waals surface area contributed by atoms with E-state index in [0.29, 0.717) is 35.9 Å². The smallest absolute Gasteiger partial charge is 0.271 e. The minimum Gasteiger partial charge on any atom is -0.350 e. The Morgan fingerprint density at radius 3 is 2.50 bits per heavy atom. The van der Waals surface area contributed by atoms with Crippen LogP contribution < -0.4 is 5.56 Å². The van der Waals surface area contributed by atoms with Crippen molar-refractivity contribution in [2.45, 2.75) is 40.8 Å². The molecular formula is C20H22N4O2. The zero-order valence-electron chi connectivity index (χ0n) is 15.7. The van der Waals surface area contributed by atoms with E-state index in [2.05, 4.69) is 29.0 Å². The number of hydrogen-bond acceptors (Lipinski definition) is 3. The minimum atomic E-state index is -0.0878. The third kappa shape index (κ3) is 2.21. The van der Waals surface area contributed by atoms with Crippen LogP contribution in [-0.2, 0) is 20.1 Å². The molecule has 4 rings (SSSR count). The molecule has 0 unspecified atom stereocenters. The number of aryl methyl sites for hydroxylation is 4. The lowest BCUT2D eigenvalue weighted by atomic mass is 10.0. The summed E-state index contributed by atoms with van der Waals surface area (Å²) in [6, 6.07) is 4.14. The molecule has 26 heavy (non-hydrogen) atoms. The summed E-state index contributed by atoms with van der Waals surface area (Å²) < 4.78 is 1.54. The molecule has 0 atom stereocenters. The number of hydrogen-bond donors (Lipinski definition) is 1. The van der Waals surface area contributed by atoms with Crippen molar-refractivity contribution in [2.75, 3.05) is 0 Å². The number of carbonyl (C=O) groups excluding carboxylic acids is 1. The Hall–Kier alpha value is -2.89. The fraction of sp³-hybridized carbons (Fsp3) is 0.350. The third-order valence-electron chi connectivity index (χ3n) is 5.51.